The predicted octanol–water partition coefficient (Wildman–Crippen LogP) is 9.53. The van der Waals surface area contributed by atoms with Gasteiger partial charge in [-0.15, -0.1) is 0 Å². The Kier molecular flexibility index (Phi) is 4.17. The maximum atomic E-state index is 6.59. The van der Waals surface area contributed by atoms with Gasteiger partial charge in [-0.25, -0.2) is 0 Å². The molecule has 0 saturated carbocycles. The van der Waals surface area contributed by atoms with Gasteiger partial charge in [0.25, 0.3) is 0 Å². The van der Waals surface area contributed by atoms with E-state index in [2.05, 4.69) is 124 Å². The first kappa shape index (κ1) is 20.3. The largest absolute Gasteiger partial charge is 0.455 e. The van der Waals surface area contributed by atoms with Crippen LogP contribution in [-0.2, 0) is 5.41 Å². The molecule has 35 heavy (non-hydrogen) atoms. The fourth-order valence-electron chi connectivity index (χ4n) is 5.90. The Balaban J connectivity index is 1.54. The van der Waals surface area contributed by atoms with Crippen molar-refractivity contribution in [2.24, 2.45) is 0 Å². The number of rotatable bonds is 2. The summed E-state index contributed by atoms with van der Waals surface area (Å²) in [6.07, 6.45) is 0. The summed E-state index contributed by atoms with van der Waals surface area (Å²) in [5.74, 6) is 0. The van der Waals surface area contributed by atoms with Crippen molar-refractivity contribution in [3.63, 3.8) is 0 Å². The Morgan fingerprint density at radius 3 is 2.09 bits per heavy atom. The summed E-state index contributed by atoms with van der Waals surface area (Å²) >= 11 is 0. The molecule has 168 valence electrons. The zero-order valence-corrected chi connectivity index (χ0v) is 20.2. The number of hydrogen-bond donors (Lipinski definition) is 0. The van der Waals surface area contributed by atoms with Crippen LogP contribution in [0.15, 0.2) is 108 Å². The average molecular weight is 451 g/mol. The summed E-state index contributed by atoms with van der Waals surface area (Å²) in [6.45, 7) is 6.89. The van der Waals surface area contributed by atoms with Crippen molar-refractivity contribution in [3.05, 3.63) is 120 Å². The van der Waals surface area contributed by atoms with Crippen LogP contribution in [0.2, 0.25) is 0 Å². The molecule has 0 amide bonds. The van der Waals surface area contributed by atoms with Gasteiger partial charge in [0.05, 0.1) is 0 Å². The molecule has 0 atom stereocenters. The zero-order chi connectivity index (χ0) is 23.7. The summed E-state index contributed by atoms with van der Waals surface area (Å²) in [5, 5.41) is 2.42. The van der Waals surface area contributed by atoms with Gasteiger partial charge in [0, 0.05) is 21.8 Å². The summed E-state index contributed by atoms with van der Waals surface area (Å²) in [5.41, 5.74) is 13.4. The molecule has 0 aliphatic heterocycles. The summed E-state index contributed by atoms with van der Waals surface area (Å²) in [6, 6.07) is 37.2. The van der Waals surface area contributed by atoms with E-state index in [-0.39, 0.29) is 5.41 Å². The van der Waals surface area contributed by atoms with Gasteiger partial charge < -0.3 is 4.42 Å². The van der Waals surface area contributed by atoms with Crippen molar-refractivity contribution in [2.75, 3.05) is 0 Å². The molecule has 1 aromatic heterocycles. The lowest BCUT2D eigenvalue weighted by Crippen LogP contribution is -2.15. The van der Waals surface area contributed by atoms with Gasteiger partial charge in [-0.1, -0.05) is 110 Å². The van der Waals surface area contributed by atoms with Crippen LogP contribution in [0.25, 0.3) is 55.3 Å². The Hall–Kier alpha value is -4.10. The number of benzene rings is 5. The number of fused-ring (bicyclic) bond motifs is 7. The van der Waals surface area contributed by atoms with Crippen LogP contribution in [0.5, 0.6) is 0 Å². The van der Waals surface area contributed by atoms with E-state index in [1.54, 1.807) is 0 Å². The highest BCUT2D eigenvalue weighted by Gasteiger charge is 2.38. The molecule has 0 bridgehead atoms. The Labute approximate surface area is 205 Å². The first-order valence-electron chi connectivity index (χ1n) is 12.3. The number of hydrogen-bond acceptors (Lipinski definition) is 1. The van der Waals surface area contributed by atoms with E-state index in [1.807, 2.05) is 0 Å². The van der Waals surface area contributed by atoms with Crippen LogP contribution in [0.3, 0.4) is 0 Å². The first-order chi connectivity index (χ1) is 17.0. The molecule has 1 aliphatic carbocycles. The van der Waals surface area contributed by atoms with Crippen molar-refractivity contribution < 1.29 is 4.42 Å². The monoisotopic (exact) mass is 450 g/mol. The van der Waals surface area contributed by atoms with E-state index in [1.165, 1.54) is 55.3 Å². The van der Waals surface area contributed by atoms with E-state index in [4.69, 9.17) is 4.42 Å². The van der Waals surface area contributed by atoms with Gasteiger partial charge in [-0.05, 0) is 58.0 Å². The summed E-state index contributed by atoms with van der Waals surface area (Å²) in [4.78, 5) is 0. The van der Waals surface area contributed by atoms with Crippen molar-refractivity contribution in [2.45, 2.75) is 26.2 Å². The molecular weight excluding hydrogens is 424 g/mol. The molecule has 6 aromatic rings. The van der Waals surface area contributed by atoms with Gasteiger partial charge in [0.2, 0.25) is 0 Å². The third kappa shape index (κ3) is 2.88. The summed E-state index contributed by atoms with van der Waals surface area (Å²) in [7, 11) is 0. The number of furan rings is 1. The molecular formula is C34H26O. The van der Waals surface area contributed by atoms with Crippen molar-refractivity contribution in [1.29, 1.82) is 0 Å². The highest BCUT2D eigenvalue weighted by Crippen LogP contribution is 2.55. The third-order valence-electron chi connectivity index (χ3n) is 7.74. The maximum Gasteiger partial charge on any atom is 0.143 e. The van der Waals surface area contributed by atoms with E-state index >= 15 is 0 Å². The summed E-state index contributed by atoms with van der Waals surface area (Å²) < 4.78 is 6.59. The second kappa shape index (κ2) is 7.20. The van der Waals surface area contributed by atoms with Crippen LogP contribution < -0.4 is 0 Å². The third-order valence-corrected chi connectivity index (χ3v) is 7.74. The van der Waals surface area contributed by atoms with Crippen molar-refractivity contribution in [1.82, 2.24) is 0 Å². The second-order valence-electron chi connectivity index (χ2n) is 10.3. The smallest absolute Gasteiger partial charge is 0.143 e. The van der Waals surface area contributed by atoms with Gasteiger partial charge in [0.1, 0.15) is 11.2 Å². The first-order valence-corrected chi connectivity index (χ1v) is 12.3. The fraction of sp³-hybridized carbons (Fsp3) is 0.118. The van der Waals surface area contributed by atoms with Gasteiger partial charge in [0.15, 0.2) is 0 Å². The molecule has 0 fully saturated rings. The van der Waals surface area contributed by atoms with Crippen molar-refractivity contribution >= 4 is 21.9 Å². The van der Waals surface area contributed by atoms with E-state index in [0.29, 0.717) is 0 Å². The molecule has 0 spiro atoms. The van der Waals surface area contributed by atoms with Crippen LogP contribution in [0, 0.1) is 6.92 Å². The normalized spacial score (nSPS) is 13.8. The molecule has 5 aromatic carbocycles. The van der Waals surface area contributed by atoms with E-state index in [0.717, 1.165) is 16.7 Å². The lowest BCUT2D eigenvalue weighted by atomic mass is 9.80. The van der Waals surface area contributed by atoms with E-state index in [9.17, 15) is 0 Å². The minimum Gasteiger partial charge on any atom is -0.455 e. The SMILES string of the molecule is Cc1ccc2c(c1)C(C)(C)c1cc(-c3ccc(-c4ccccc4)cc3)c3oc4ccccc4c3c1-2. The quantitative estimate of drug-likeness (QED) is 0.256. The molecule has 0 unspecified atom stereocenters. The molecule has 1 aliphatic rings. The maximum absolute atomic E-state index is 6.59. The molecule has 7 rings (SSSR count). The van der Waals surface area contributed by atoms with Crippen LogP contribution in [0.4, 0.5) is 0 Å². The molecule has 0 saturated heterocycles. The number of aryl methyl sites for hydroxylation is 1. The average Bonchev–Trinajstić information content (AvgIpc) is 3.37. The fourth-order valence-corrected chi connectivity index (χ4v) is 5.90. The minimum absolute atomic E-state index is 0.0814. The molecule has 0 radical (unpaired) electrons. The molecule has 0 N–H and O–H groups in total. The van der Waals surface area contributed by atoms with Gasteiger partial charge in [-0.3, -0.25) is 0 Å². The topological polar surface area (TPSA) is 13.1 Å². The zero-order valence-electron chi connectivity index (χ0n) is 20.2. The molecule has 1 heterocycles. The Morgan fingerprint density at radius 1 is 0.600 bits per heavy atom. The standard InChI is InChI=1S/C34H26O/c1-21-13-18-25-28(19-21)34(2,3)29-20-27(24-16-14-23(15-17-24)22-9-5-4-6-10-22)33-32(31(25)29)26-11-7-8-12-30(26)35-33/h4-20H,1-3H3. The van der Waals surface area contributed by atoms with Crippen molar-refractivity contribution in [3.8, 4) is 33.4 Å². The molecule has 1 heteroatoms. The van der Waals surface area contributed by atoms with Gasteiger partial charge in [-0.2, -0.15) is 0 Å². The van der Waals surface area contributed by atoms with Crippen LogP contribution in [0.1, 0.15) is 30.5 Å². The molecule has 1 nitrogen and oxygen atoms in total. The van der Waals surface area contributed by atoms with Crippen LogP contribution in [-0.4, -0.2) is 0 Å². The Morgan fingerprint density at radius 2 is 1.29 bits per heavy atom. The highest BCUT2D eigenvalue weighted by atomic mass is 16.3. The minimum atomic E-state index is -0.0814. The Bertz CT molecular complexity index is 1750. The number of para-hydroxylation sites is 1. The lowest BCUT2D eigenvalue weighted by Gasteiger charge is -2.22. The van der Waals surface area contributed by atoms with Crippen LogP contribution >= 0.6 is 0 Å². The lowest BCUT2D eigenvalue weighted by molar-refractivity contribution is 0.657. The van der Waals surface area contributed by atoms with E-state index < -0.39 is 0 Å². The second-order valence-corrected chi connectivity index (χ2v) is 10.3. The predicted molar refractivity (Wildman–Crippen MR) is 147 cm³/mol. The van der Waals surface area contributed by atoms with Gasteiger partial charge >= 0.3 is 0 Å². The highest BCUT2D eigenvalue weighted by molar-refractivity contribution is 6.18.